The fourth-order valence-corrected chi connectivity index (χ4v) is 5.78. The summed E-state index contributed by atoms with van der Waals surface area (Å²) in [4.78, 5) is 16.0. The Balaban J connectivity index is 1.63. The molecule has 1 saturated heterocycles. The molecule has 0 aliphatic carbocycles. The maximum absolute atomic E-state index is 14.0. The van der Waals surface area contributed by atoms with Gasteiger partial charge in [-0.05, 0) is 74.8 Å². The molecule has 2 N–H and O–H groups in total. The molecule has 2 aliphatic rings. The normalized spacial score (nSPS) is 22.2. The molecule has 1 amide bonds. The van der Waals surface area contributed by atoms with E-state index >= 15 is 0 Å². The second-order valence-electron chi connectivity index (χ2n) is 9.60. The predicted molar refractivity (Wildman–Crippen MR) is 147 cm³/mol. The van der Waals surface area contributed by atoms with Gasteiger partial charge in [-0.1, -0.05) is 48.9 Å². The molecule has 186 valence electrons. The van der Waals surface area contributed by atoms with Crippen molar-refractivity contribution in [2.75, 3.05) is 17.3 Å². The molecule has 2 aliphatic heterocycles. The zero-order valence-corrected chi connectivity index (χ0v) is 22.0. The summed E-state index contributed by atoms with van der Waals surface area (Å²) in [5.74, 6) is 0.476. The maximum Gasteiger partial charge on any atom is 0.236 e. The van der Waals surface area contributed by atoms with Gasteiger partial charge in [-0.15, -0.1) is 0 Å². The SMILES string of the molecule is CCc1ccc(N2C(=S)NC3c4cccc(OC)c4OC2(C)C3C(=O)Nc2ccc(C)cc2C)cc1. The topological polar surface area (TPSA) is 62.8 Å². The van der Waals surface area contributed by atoms with Crippen LogP contribution in [-0.2, 0) is 11.2 Å². The monoisotopic (exact) mass is 501 g/mol. The van der Waals surface area contributed by atoms with Gasteiger partial charge in [0.15, 0.2) is 22.3 Å². The van der Waals surface area contributed by atoms with Crippen molar-refractivity contribution in [3.63, 3.8) is 0 Å². The molecule has 0 radical (unpaired) electrons. The van der Waals surface area contributed by atoms with E-state index in [2.05, 4.69) is 35.8 Å². The number of hydrogen-bond donors (Lipinski definition) is 2. The van der Waals surface area contributed by atoms with E-state index in [-0.39, 0.29) is 5.91 Å². The van der Waals surface area contributed by atoms with E-state index in [1.54, 1.807) is 7.11 Å². The Labute approximate surface area is 217 Å². The average molecular weight is 502 g/mol. The lowest BCUT2D eigenvalue weighted by molar-refractivity contribution is -0.130. The van der Waals surface area contributed by atoms with Crippen LogP contribution >= 0.6 is 12.2 Å². The number of thiocarbonyl (C=S) groups is 1. The number of aryl methyl sites for hydroxylation is 3. The van der Waals surface area contributed by atoms with Gasteiger partial charge in [-0.3, -0.25) is 9.69 Å². The van der Waals surface area contributed by atoms with Crippen molar-refractivity contribution >= 4 is 34.6 Å². The van der Waals surface area contributed by atoms with Crippen LogP contribution in [0.4, 0.5) is 11.4 Å². The fourth-order valence-electron chi connectivity index (χ4n) is 5.36. The summed E-state index contributed by atoms with van der Waals surface area (Å²) in [5.41, 5.74) is 4.75. The number of nitrogens with zero attached hydrogens (tertiary/aromatic N) is 1. The highest BCUT2D eigenvalue weighted by molar-refractivity contribution is 7.80. The summed E-state index contributed by atoms with van der Waals surface area (Å²) >= 11 is 5.86. The van der Waals surface area contributed by atoms with Crippen LogP contribution in [0.2, 0.25) is 0 Å². The van der Waals surface area contributed by atoms with Gasteiger partial charge in [0.25, 0.3) is 0 Å². The van der Waals surface area contributed by atoms with Crippen LogP contribution in [-0.4, -0.2) is 23.9 Å². The van der Waals surface area contributed by atoms with Crippen molar-refractivity contribution in [2.45, 2.75) is 45.9 Å². The number of nitrogens with one attached hydrogen (secondary N) is 2. The molecule has 0 aromatic heterocycles. The van der Waals surface area contributed by atoms with E-state index in [4.69, 9.17) is 21.7 Å². The number of fused-ring (bicyclic) bond motifs is 4. The van der Waals surface area contributed by atoms with Gasteiger partial charge >= 0.3 is 0 Å². The minimum Gasteiger partial charge on any atom is -0.493 e. The number of amides is 1. The second kappa shape index (κ2) is 9.13. The molecule has 1 fully saturated rings. The molecule has 0 saturated carbocycles. The van der Waals surface area contributed by atoms with Crippen molar-refractivity contribution in [3.05, 3.63) is 82.9 Å². The van der Waals surface area contributed by atoms with Gasteiger partial charge in [-0.2, -0.15) is 0 Å². The molecule has 6 nitrogen and oxygen atoms in total. The predicted octanol–water partition coefficient (Wildman–Crippen LogP) is 5.67. The highest BCUT2D eigenvalue weighted by Crippen LogP contribution is 2.52. The van der Waals surface area contributed by atoms with Gasteiger partial charge in [0, 0.05) is 16.9 Å². The van der Waals surface area contributed by atoms with E-state index in [0.29, 0.717) is 16.6 Å². The lowest BCUT2D eigenvalue weighted by Crippen LogP contribution is -2.72. The molecular weight excluding hydrogens is 470 g/mol. The Morgan fingerprint density at radius 1 is 1.17 bits per heavy atom. The van der Waals surface area contributed by atoms with Crippen LogP contribution in [0, 0.1) is 19.8 Å². The Morgan fingerprint density at radius 2 is 1.92 bits per heavy atom. The van der Waals surface area contributed by atoms with Crippen molar-refractivity contribution in [2.24, 2.45) is 5.92 Å². The van der Waals surface area contributed by atoms with Crippen LogP contribution in [0.1, 0.15) is 42.1 Å². The van der Waals surface area contributed by atoms with Crippen molar-refractivity contribution < 1.29 is 14.3 Å². The van der Waals surface area contributed by atoms with E-state index < -0.39 is 17.7 Å². The summed E-state index contributed by atoms with van der Waals surface area (Å²) in [7, 11) is 1.62. The number of carbonyl (C=O) groups is 1. The first-order valence-corrected chi connectivity index (χ1v) is 12.6. The number of methoxy groups -OCH3 is 1. The molecular formula is C29H31N3O3S. The highest BCUT2D eigenvalue weighted by atomic mass is 32.1. The van der Waals surface area contributed by atoms with Gasteiger partial charge in [-0.25, -0.2) is 0 Å². The molecule has 2 heterocycles. The van der Waals surface area contributed by atoms with E-state index in [0.717, 1.165) is 34.5 Å². The Bertz CT molecular complexity index is 1340. The maximum atomic E-state index is 14.0. The second-order valence-corrected chi connectivity index (χ2v) is 9.99. The standard InChI is InChI=1S/C29H31N3O3S/c1-6-19-11-13-20(14-12-19)32-28(36)31-25-21-8-7-9-23(34-5)26(21)35-29(32,4)24(25)27(33)30-22-15-10-17(2)16-18(22)3/h7-16,24-25H,6H2,1-5H3,(H,30,33)(H,31,36). The molecule has 36 heavy (non-hydrogen) atoms. The number of hydrogen-bond acceptors (Lipinski definition) is 4. The van der Waals surface area contributed by atoms with E-state index in [1.165, 1.54) is 5.56 Å². The van der Waals surface area contributed by atoms with Gasteiger partial charge in [0.05, 0.1) is 13.2 Å². The van der Waals surface area contributed by atoms with Crippen molar-refractivity contribution in [1.29, 1.82) is 0 Å². The highest BCUT2D eigenvalue weighted by Gasteiger charge is 2.59. The number of rotatable bonds is 5. The number of anilines is 2. The fraction of sp³-hybridized carbons (Fsp3) is 0.310. The number of ether oxygens (including phenoxy) is 2. The first-order chi connectivity index (χ1) is 17.3. The quantitative estimate of drug-likeness (QED) is 0.439. The van der Waals surface area contributed by atoms with Gasteiger partial charge < -0.3 is 20.1 Å². The minimum absolute atomic E-state index is 0.145. The minimum atomic E-state index is -1.11. The molecule has 3 aromatic carbocycles. The summed E-state index contributed by atoms with van der Waals surface area (Å²) in [5, 5.41) is 7.13. The van der Waals surface area contributed by atoms with E-state index in [9.17, 15) is 4.79 Å². The molecule has 3 atom stereocenters. The molecule has 3 aromatic rings. The van der Waals surface area contributed by atoms with Crippen molar-refractivity contribution in [3.8, 4) is 11.5 Å². The number of para-hydroxylation sites is 1. The van der Waals surface area contributed by atoms with E-state index in [1.807, 2.05) is 68.1 Å². The van der Waals surface area contributed by atoms with Crippen LogP contribution in [0.15, 0.2) is 60.7 Å². The molecule has 7 heteroatoms. The van der Waals surface area contributed by atoms with Crippen LogP contribution in [0.5, 0.6) is 11.5 Å². The smallest absolute Gasteiger partial charge is 0.236 e. The molecule has 5 rings (SSSR count). The molecule has 0 spiro atoms. The Morgan fingerprint density at radius 3 is 2.58 bits per heavy atom. The Kier molecular flexibility index (Phi) is 6.12. The van der Waals surface area contributed by atoms with Gasteiger partial charge in [0.2, 0.25) is 5.91 Å². The van der Waals surface area contributed by atoms with Crippen LogP contribution in [0.25, 0.3) is 0 Å². The van der Waals surface area contributed by atoms with Gasteiger partial charge in [0.1, 0.15) is 5.92 Å². The third-order valence-corrected chi connectivity index (χ3v) is 7.53. The lowest BCUT2D eigenvalue weighted by Gasteiger charge is -2.56. The first-order valence-electron chi connectivity index (χ1n) is 12.2. The Hall–Kier alpha value is -3.58. The summed E-state index contributed by atoms with van der Waals surface area (Å²) < 4.78 is 12.4. The lowest BCUT2D eigenvalue weighted by atomic mass is 9.78. The third-order valence-electron chi connectivity index (χ3n) is 7.23. The number of carbonyl (C=O) groups excluding carboxylic acids is 1. The van der Waals surface area contributed by atoms with Crippen LogP contribution in [0.3, 0.4) is 0 Å². The summed E-state index contributed by atoms with van der Waals surface area (Å²) in [6, 6.07) is 19.6. The van der Waals surface area contributed by atoms with Crippen LogP contribution < -0.4 is 25.0 Å². The molecule has 2 bridgehead atoms. The number of benzene rings is 3. The summed E-state index contributed by atoms with van der Waals surface area (Å²) in [6.45, 7) is 8.09. The molecule has 3 unspecified atom stereocenters. The zero-order chi connectivity index (χ0) is 25.6. The average Bonchev–Trinajstić information content (AvgIpc) is 2.85. The largest absolute Gasteiger partial charge is 0.493 e. The summed E-state index contributed by atoms with van der Waals surface area (Å²) in [6.07, 6.45) is 0.935. The third kappa shape index (κ3) is 3.88. The first kappa shape index (κ1) is 24.1. The van der Waals surface area contributed by atoms with Crippen molar-refractivity contribution in [1.82, 2.24) is 5.32 Å². The zero-order valence-electron chi connectivity index (χ0n) is 21.2.